The first-order valence-corrected chi connectivity index (χ1v) is 6.21. The van der Waals surface area contributed by atoms with E-state index in [4.69, 9.17) is 20.4 Å². The highest BCUT2D eigenvalue weighted by atomic mass is 16.3. The van der Waals surface area contributed by atoms with Gasteiger partial charge in [0.25, 0.3) is 0 Å². The highest BCUT2D eigenvalue weighted by Gasteiger charge is 2.19. The first-order valence-electron chi connectivity index (χ1n) is 6.21. The van der Waals surface area contributed by atoms with Crippen LogP contribution in [0.1, 0.15) is 38.5 Å². The van der Waals surface area contributed by atoms with E-state index in [1.54, 1.807) is 0 Å². The number of aliphatic hydroxyl groups is 4. The molecule has 0 aromatic carbocycles. The fourth-order valence-corrected chi connectivity index (χ4v) is 1.82. The van der Waals surface area contributed by atoms with Gasteiger partial charge in [-0.15, -0.1) is 0 Å². The van der Waals surface area contributed by atoms with Crippen LogP contribution >= 0.6 is 0 Å². The minimum Gasteiger partial charge on any atom is -0.396 e. The third kappa shape index (κ3) is 8.05. The standard InChI is InChI=1S/C8H16O2.C4H10O2/c9-5-7-1-2-8(6-10)4-3-7;5-3-1-2-4-6/h7-10H,1-6H2;5-6H,1-4H2. The van der Waals surface area contributed by atoms with E-state index in [-0.39, 0.29) is 13.2 Å². The van der Waals surface area contributed by atoms with Gasteiger partial charge in [0.1, 0.15) is 0 Å². The van der Waals surface area contributed by atoms with Crippen LogP contribution in [-0.2, 0) is 0 Å². The van der Waals surface area contributed by atoms with Crippen molar-refractivity contribution in [3.8, 4) is 0 Å². The minimum absolute atomic E-state index is 0.195. The zero-order chi connectivity index (χ0) is 12.2. The monoisotopic (exact) mass is 234 g/mol. The zero-order valence-electron chi connectivity index (χ0n) is 10.0. The Kier molecular flexibility index (Phi) is 11.2. The molecule has 1 fully saturated rings. The van der Waals surface area contributed by atoms with Crippen LogP contribution in [0.2, 0.25) is 0 Å². The van der Waals surface area contributed by atoms with Crippen molar-refractivity contribution in [3.05, 3.63) is 0 Å². The van der Waals surface area contributed by atoms with Crippen molar-refractivity contribution in [1.29, 1.82) is 0 Å². The van der Waals surface area contributed by atoms with E-state index in [2.05, 4.69) is 0 Å². The molecule has 0 aromatic rings. The highest BCUT2D eigenvalue weighted by molar-refractivity contribution is 4.70. The van der Waals surface area contributed by atoms with Gasteiger partial charge < -0.3 is 20.4 Å². The summed E-state index contributed by atoms with van der Waals surface area (Å²) in [5, 5.41) is 33.7. The number of hydrogen-bond donors (Lipinski definition) is 4. The minimum atomic E-state index is 0.195. The predicted octanol–water partition coefficient (Wildman–Crippen LogP) is 0.529. The molecule has 4 heteroatoms. The molecule has 1 saturated carbocycles. The van der Waals surface area contributed by atoms with Crippen LogP contribution in [0.15, 0.2) is 0 Å². The molecule has 0 saturated heterocycles. The van der Waals surface area contributed by atoms with Crippen LogP contribution in [0.4, 0.5) is 0 Å². The van der Waals surface area contributed by atoms with E-state index in [1.807, 2.05) is 0 Å². The third-order valence-electron chi connectivity index (χ3n) is 3.05. The van der Waals surface area contributed by atoms with E-state index in [0.717, 1.165) is 38.5 Å². The predicted molar refractivity (Wildman–Crippen MR) is 63.0 cm³/mol. The molecule has 1 aliphatic carbocycles. The van der Waals surface area contributed by atoms with Gasteiger partial charge in [0.15, 0.2) is 0 Å². The summed E-state index contributed by atoms with van der Waals surface area (Å²) in [5.74, 6) is 1.03. The van der Waals surface area contributed by atoms with Crippen molar-refractivity contribution in [2.24, 2.45) is 11.8 Å². The van der Waals surface area contributed by atoms with Crippen LogP contribution in [0.25, 0.3) is 0 Å². The molecule has 0 spiro atoms. The van der Waals surface area contributed by atoms with Crippen LogP contribution < -0.4 is 0 Å². The lowest BCUT2D eigenvalue weighted by molar-refractivity contribution is 0.131. The van der Waals surface area contributed by atoms with Gasteiger partial charge in [0.05, 0.1) is 0 Å². The van der Waals surface area contributed by atoms with Crippen LogP contribution in [0.5, 0.6) is 0 Å². The topological polar surface area (TPSA) is 80.9 Å². The maximum absolute atomic E-state index is 8.79. The van der Waals surface area contributed by atoms with Gasteiger partial charge in [0, 0.05) is 26.4 Å². The number of unbranched alkanes of at least 4 members (excludes halogenated alkanes) is 1. The summed E-state index contributed by atoms with van der Waals surface area (Å²) in [6, 6.07) is 0. The van der Waals surface area contributed by atoms with Crippen LogP contribution in [-0.4, -0.2) is 46.9 Å². The van der Waals surface area contributed by atoms with Crippen molar-refractivity contribution >= 4 is 0 Å². The Morgan fingerprint density at radius 2 is 0.938 bits per heavy atom. The summed E-state index contributed by atoms with van der Waals surface area (Å²) in [5.41, 5.74) is 0. The van der Waals surface area contributed by atoms with Crippen LogP contribution in [0, 0.1) is 11.8 Å². The molecule has 0 atom stereocenters. The Labute approximate surface area is 97.9 Å². The summed E-state index contributed by atoms with van der Waals surface area (Å²) in [4.78, 5) is 0. The molecule has 0 aliphatic heterocycles. The maximum atomic E-state index is 8.79. The number of rotatable bonds is 5. The SMILES string of the molecule is OCC1CCC(CO)CC1.OCCCCO. The average molecular weight is 234 g/mol. The lowest BCUT2D eigenvalue weighted by Gasteiger charge is -2.25. The normalized spacial score (nSPS) is 24.8. The summed E-state index contributed by atoms with van der Waals surface area (Å²) in [6.45, 7) is 1.05. The van der Waals surface area contributed by atoms with E-state index >= 15 is 0 Å². The van der Waals surface area contributed by atoms with Gasteiger partial charge in [-0.05, 0) is 50.4 Å². The quantitative estimate of drug-likeness (QED) is 0.523. The van der Waals surface area contributed by atoms with Gasteiger partial charge in [-0.3, -0.25) is 0 Å². The first-order chi connectivity index (χ1) is 7.78. The Bertz CT molecular complexity index is 117. The summed E-state index contributed by atoms with van der Waals surface area (Å²) in [6.07, 6.45) is 5.83. The van der Waals surface area contributed by atoms with E-state index in [0.29, 0.717) is 25.0 Å². The second-order valence-corrected chi connectivity index (χ2v) is 4.41. The third-order valence-corrected chi connectivity index (χ3v) is 3.05. The fraction of sp³-hybridized carbons (Fsp3) is 1.00. The molecular formula is C12H26O4. The fourth-order valence-electron chi connectivity index (χ4n) is 1.82. The molecule has 0 radical (unpaired) electrons. The maximum Gasteiger partial charge on any atom is 0.0459 e. The van der Waals surface area contributed by atoms with Gasteiger partial charge in [-0.2, -0.15) is 0 Å². The van der Waals surface area contributed by atoms with E-state index in [1.165, 1.54) is 0 Å². The molecule has 4 N–H and O–H groups in total. The van der Waals surface area contributed by atoms with Gasteiger partial charge in [0.2, 0.25) is 0 Å². The first kappa shape index (κ1) is 15.8. The second-order valence-electron chi connectivity index (χ2n) is 4.41. The molecule has 0 bridgehead atoms. The Morgan fingerprint density at radius 3 is 1.12 bits per heavy atom. The van der Waals surface area contributed by atoms with E-state index < -0.39 is 0 Å². The average Bonchev–Trinajstić information content (AvgIpc) is 2.37. The van der Waals surface area contributed by atoms with Gasteiger partial charge >= 0.3 is 0 Å². The van der Waals surface area contributed by atoms with Crippen molar-refractivity contribution in [2.75, 3.05) is 26.4 Å². The summed E-state index contributed by atoms with van der Waals surface area (Å²) < 4.78 is 0. The summed E-state index contributed by atoms with van der Waals surface area (Å²) in [7, 11) is 0. The van der Waals surface area contributed by atoms with Crippen molar-refractivity contribution in [3.63, 3.8) is 0 Å². The molecule has 1 aliphatic rings. The Balaban J connectivity index is 0.000000325. The highest BCUT2D eigenvalue weighted by Crippen LogP contribution is 2.27. The smallest absolute Gasteiger partial charge is 0.0459 e. The largest absolute Gasteiger partial charge is 0.396 e. The number of aliphatic hydroxyl groups excluding tert-OH is 4. The second kappa shape index (κ2) is 11.3. The van der Waals surface area contributed by atoms with Gasteiger partial charge in [-0.1, -0.05) is 0 Å². The zero-order valence-corrected chi connectivity index (χ0v) is 10.0. The molecule has 0 aromatic heterocycles. The molecule has 98 valence electrons. The van der Waals surface area contributed by atoms with Crippen molar-refractivity contribution < 1.29 is 20.4 Å². The number of hydrogen-bond acceptors (Lipinski definition) is 4. The van der Waals surface area contributed by atoms with Crippen molar-refractivity contribution in [2.45, 2.75) is 38.5 Å². The van der Waals surface area contributed by atoms with Crippen LogP contribution in [0.3, 0.4) is 0 Å². The summed E-state index contributed by atoms with van der Waals surface area (Å²) >= 11 is 0. The van der Waals surface area contributed by atoms with Crippen molar-refractivity contribution in [1.82, 2.24) is 0 Å². The molecule has 0 amide bonds. The molecule has 16 heavy (non-hydrogen) atoms. The molecular weight excluding hydrogens is 208 g/mol. The lowest BCUT2D eigenvalue weighted by Crippen LogP contribution is -2.19. The molecule has 1 rings (SSSR count). The Morgan fingerprint density at radius 1 is 0.625 bits per heavy atom. The molecule has 4 nitrogen and oxygen atoms in total. The molecule has 0 unspecified atom stereocenters. The van der Waals surface area contributed by atoms with E-state index in [9.17, 15) is 0 Å². The Hall–Kier alpha value is -0.160. The molecule has 0 heterocycles. The lowest BCUT2D eigenvalue weighted by atomic mass is 9.83. The van der Waals surface area contributed by atoms with Gasteiger partial charge in [-0.25, -0.2) is 0 Å².